The van der Waals surface area contributed by atoms with Gasteiger partial charge >= 0.3 is 0 Å². The van der Waals surface area contributed by atoms with Gasteiger partial charge in [0.1, 0.15) is 6.29 Å². The van der Waals surface area contributed by atoms with E-state index < -0.39 is 0 Å². The van der Waals surface area contributed by atoms with Crippen LogP contribution in [0.1, 0.15) is 40.9 Å². The summed E-state index contributed by atoms with van der Waals surface area (Å²) in [4.78, 5) is 11.1. The van der Waals surface area contributed by atoms with Crippen LogP contribution in [0.3, 0.4) is 0 Å². The number of aryl methyl sites for hydroxylation is 1. The number of carbonyl (C=O) groups is 1. The molecule has 0 bridgehead atoms. The lowest BCUT2D eigenvalue weighted by Crippen LogP contribution is -1.92. The molecule has 0 fully saturated rings. The third-order valence-electron chi connectivity index (χ3n) is 3.52. The molecular formula is C20H20O. The largest absolute Gasteiger partial charge is 0.298 e. The number of benzene rings is 2. The van der Waals surface area contributed by atoms with Crippen LogP contribution in [0.4, 0.5) is 0 Å². The molecule has 0 saturated heterocycles. The van der Waals surface area contributed by atoms with E-state index in [-0.39, 0.29) is 0 Å². The summed E-state index contributed by atoms with van der Waals surface area (Å²) in [6.07, 6.45) is 0.888. The first-order valence-corrected chi connectivity index (χ1v) is 6.95. The van der Waals surface area contributed by atoms with Crippen molar-refractivity contribution in [3.63, 3.8) is 0 Å². The van der Waals surface area contributed by atoms with Crippen molar-refractivity contribution in [2.45, 2.75) is 20.8 Å². The van der Waals surface area contributed by atoms with E-state index in [1.54, 1.807) is 0 Å². The molecule has 2 rings (SSSR count). The van der Waals surface area contributed by atoms with E-state index in [1.165, 1.54) is 0 Å². The van der Waals surface area contributed by atoms with Gasteiger partial charge in [0.2, 0.25) is 0 Å². The summed E-state index contributed by atoms with van der Waals surface area (Å²) >= 11 is 0. The Morgan fingerprint density at radius 2 is 1.71 bits per heavy atom. The molecule has 2 aromatic rings. The summed E-state index contributed by atoms with van der Waals surface area (Å²) in [5.74, 6) is 0. The average molecular weight is 276 g/mol. The zero-order valence-corrected chi connectivity index (χ0v) is 12.9. The summed E-state index contributed by atoms with van der Waals surface area (Å²) in [6.45, 7) is 14.1. The Bertz CT molecular complexity index is 735. The number of aldehydes is 1. The van der Waals surface area contributed by atoms with Crippen LogP contribution < -0.4 is 0 Å². The topological polar surface area (TPSA) is 17.1 Å². The zero-order valence-electron chi connectivity index (χ0n) is 12.9. The highest BCUT2D eigenvalue weighted by atomic mass is 16.1. The van der Waals surface area contributed by atoms with E-state index in [9.17, 15) is 4.79 Å². The molecule has 0 aromatic heterocycles. The molecule has 1 heteroatoms. The van der Waals surface area contributed by atoms with Crippen molar-refractivity contribution in [1.29, 1.82) is 0 Å². The van der Waals surface area contributed by atoms with Gasteiger partial charge in [0.05, 0.1) is 0 Å². The molecule has 0 amide bonds. The van der Waals surface area contributed by atoms with E-state index in [4.69, 9.17) is 0 Å². The van der Waals surface area contributed by atoms with Gasteiger partial charge in [-0.25, -0.2) is 0 Å². The second-order valence-electron chi connectivity index (χ2n) is 5.57. The fourth-order valence-electron chi connectivity index (χ4n) is 2.46. The second kappa shape index (κ2) is 5.92. The Labute approximate surface area is 126 Å². The Balaban J connectivity index is 2.73. The van der Waals surface area contributed by atoms with Crippen LogP contribution in [-0.4, -0.2) is 6.29 Å². The molecule has 0 spiro atoms. The molecule has 0 unspecified atom stereocenters. The standard InChI is InChI=1S/C20H20O/c1-13(2)17-6-7-19(14(3)4)20(11-17)18-9-15(5)8-16(10-18)12-21/h6-12H,1,3H2,2,4-5H3. The molecule has 0 N–H and O–H groups in total. The van der Waals surface area contributed by atoms with Crippen molar-refractivity contribution in [3.05, 3.63) is 71.8 Å². The van der Waals surface area contributed by atoms with Crippen LogP contribution in [0.5, 0.6) is 0 Å². The molecular weight excluding hydrogens is 256 g/mol. The van der Waals surface area contributed by atoms with Crippen LogP contribution in [0, 0.1) is 6.92 Å². The van der Waals surface area contributed by atoms with Gasteiger partial charge in [-0.05, 0) is 66.8 Å². The van der Waals surface area contributed by atoms with Crippen molar-refractivity contribution >= 4 is 17.4 Å². The highest BCUT2D eigenvalue weighted by Gasteiger charge is 2.09. The molecule has 0 saturated carbocycles. The Morgan fingerprint density at radius 1 is 1.00 bits per heavy atom. The maximum Gasteiger partial charge on any atom is 0.150 e. The van der Waals surface area contributed by atoms with Gasteiger partial charge in [0.15, 0.2) is 0 Å². The maximum absolute atomic E-state index is 11.1. The average Bonchev–Trinajstić information content (AvgIpc) is 2.45. The third kappa shape index (κ3) is 3.19. The second-order valence-corrected chi connectivity index (χ2v) is 5.57. The van der Waals surface area contributed by atoms with Crippen molar-refractivity contribution in [3.8, 4) is 11.1 Å². The molecule has 21 heavy (non-hydrogen) atoms. The number of allylic oxidation sites excluding steroid dienone is 2. The van der Waals surface area contributed by atoms with Gasteiger partial charge in [0.25, 0.3) is 0 Å². The molecule has 0 heterocycles. The highest BCUT2D eigenvalue weighted by molar-refractivity contribution is 5.86. The number of carbonyl (C=O) groups excluding carboxylic acids is 1. The molecule has 0 aliphatic carbocycles. The normalized spacial score (nSPS) is 10.2. The monoisotopic (exact) mass is 276 g/mol. The molecule has 0 atom stereocenters. The lowest BCUT2D eigenvalue weighted by atomic mass is 9.91. The molecule has 0 aliphatic rings. The molecule has 106 valence electrons. The summed E-state index contributed by atoms with van der Waals surface area (Å²) in [5, 5.41) is 0. The smallest absolute Gasteiger partial charge is 0.150 e. The first-order valence-electron chi connectivity index (χ1n) is 6.95. The number of hydrogen-bond acceptors (Lipinski definition) is 1. The summed E-state index contributed by atoms with van der Waals surface area (Å²) < 4.78 is 0. The summed E-state index contributed by atoms with van der Waals surface area (Å²) in [5.41, 5.74) is 8.13. The minimum atomic E-state index is 0.693. The summed E-state index contributed by atoms with van der Waals surface area (Å²) in [6, 6.07) is 12.2. The van der Waals surface area contributed by atoms with Crippen LogP contribution in [0.2, 0.25) is 0 Å². The fourth-order valence-corrected chi connectivity index (χ4v) is 2.46. The van der Waals surface area contributed by atoms with E-state index in [2.05, 4.69) is 37.4 Å². The van der Waals surface area contributed by atoms with Gasteiger partial charge < -0.3 is 0 Å². The lowest BCUT2D eigenvalue weighted by Gasteiger charge is -2.13. The van der Waals surface area contributed by atoms with E-state index >= 15 is 0 Å². The third-order valence-corrected chi connectivity index (χ3v) is 3.52. The Morgan fingerprint density at radius 3 is 2.29 bits per heavy atom. The van der Waals surface area contributed by atoms with Crippen LogP contribution >= 0.6 is 0 Å². The lowest BCUT2D eigenvalue weighted by molar-refractivity contribution is 0.112. The predicted molar refractivity (Wildman–Crippen MR) is 91.4 cm³/mol. The molecule has 0 aliphatic heterocycles. The van der Waals surface area contributed by atoms with Crippen molar-refractivity contribution in [1.82, 2.24) is 0 Å². The Kier molecular flexibility index (Phi) is 4.23. The zero-order chi connectivity index (χ0) is 15.6. The fraction of sp³-hybridized carbons (Fsp3) is 0.150. The molecule has 0 radical (unpaired) electrons. The van der Waals surface area contributed by atoms with Crippen molar-refractivity contribution < 1.29 is 4.79 Å². The number of rotatable bonds is 4. The minimum Gasteiger partial charge on any atom is -0.298 e. The summed E-state index contributed by atoms with van der Waals surface area (Å²) in [7, 11) is 0. The van der Waals surface area contributed by atoms with Crippen LogP contribution in [0.25, 0.3) is 22.3 Å². The van der Waals surface area contributed by atoms with Gasteiger partial charge in [-0.2, -0.15) is 0 Å². The highest BCUT2D eigenvalue weighted by Crippen LogP contribution is 2.32. The first kappa shape index (κ1) is 15.0. The van der Waals surface area contributed by atoms with Gasteiger partial charge in [-0.3, -0.25) is 4.79 Å². The Hall–Kier alpha value is -2.41. The van der Waals surface area contributed by atoms with Gasteiger partial charge in [0, 0.05) is 5.56 Å². The minimum absolute atomic E-state index is 0.693. The number of hydrogen-bond donors (Lipinski definition) is 0. The van der Waals surface area contributed by atoms with Gasteiger partial charge in [-0.15, -0.1) is 0 Å². The van der Waals surface area contributed by atoms with Crippen LogP contribution in [0.15, 0.2) is 49.6 Å². The quantitative estimate of drug-likeness (QED) is 0.670. The maximum atomic E-state index is 11.1. The SMILES string of the molecule is C=C(C)c1ccc(C(=C)C)c(-c2cc(C)cc(C=O)c2)c1. The van der Waals surface area contributed by atoms with E-state index in [1.807, 2.05) is 32.9 Å². The van der Waals surface area contributed by atoms with E-state index in [0.717, 1.165) is 45.2 Å². The molecule has 2 aromatic carbocycles. The van der Waals surface area contributed by atoms with E-state index in [0.29, 0.717) is 5.56 Å². The molecule has 1 nitrogen and oxygen atoms in total. The van der Waals surface area contributed by atoms with Gasteiger partial charge in [-0.1, -0.05) is 42.5 Å². The van der Waals surface area contributed by atoms with Crippen molar-refractivity contribution in [2.75, 3.05) is 0 Å². The van der Waals surface area contributed by atoms with Crippen molar-refractivity contribution in [2.24, 2.45) is 0 Å². The van der Waals surface area contributed by atoms with Crippen LogP contribution in [-0.2, 0) is 0 Å². The predicted octanol–water partition coefficient (Wildman–Crippen LogP) is 5.54. The first-order chi connectivity index (χ1) is 9.92.